The van der Waals surface area contributed by atoms with E-state index in [-0.39, 0.29) is 5.92 Å². The summed E-state index contributed by atoms with van der Waals surface area (Å²) in [6.45, 7) is 6.31. The van der Waals surface area contributed by atoms with Crippen molar-refractivity contribution < 1.29 is 14.3 Å². The summed E-state index contributed by atoms with van der Waals surface area (Å²) in [6.07, 6.45) is 4.07. The summed E-state index contributed by atoms with van der Waals surface area (Å²) in [5.74, 6) is 2.00. The van der Waals surface area contributed by atoms with Crippen molar-refractivity contribution in [3.8, 4) is 11.5 Å². The average Bonchev–Trinajstić information content (AvgIpc) is 2.82. The van der Waals surface area contributed by atoms with Gasteiger partial charge in [0.2, 0.25) is 5.91 Å². The number of rotatable bonds is 10. The van der Waals surface area contributed by atoms with E-state index in [4.69, 9.17) is 9.47 Å². The van der Waals surface area contributed by atoms with E-state index in [1.807, 2.05) is 36.2 Å². The maximum atomic E-state index is 12.6. The second kappa shape index (κ2) is 11.8. The zero-order chi connectivity index (χ0) is 22.1. The maximum absolute atomic E-state index is 12.6. The predicted molar refractivity (Wildman–Crippen MR) is 124 cm³/mol. The molecule has 3 rings (SSSR count). The molecule has 0 radical (unpaired) electrons. The van der Waals surface area contributed by atoms with Crippen LogP contribution in [0.4, 0.5) is 0 Å². The summed E-state index contributed by atoms with van der Waals surface area (Å²) < 4.78 is 11.5. The lowest BCUT2D eigenvalue weighted by Crippen LogP contribution is -2.41. The number of hydrogen-bond acceptors (Lipinski definition) is 4. The Kier molecular flexibility index (Phi) is 8.77. The lowest BCUT2D eigenvalue weighted by atomic mass is 9.95. The molecule has 1 saturated heterocycles. The molecule has 0 atom stereocenters. The smallest absolute Gasteiger partial charge is 0.225 e. The Balaban J connectivity index is 1.51. The Labute approximate surface area is 187 Å². The minimum absolute atomic E-state index is 0.168. The van der Waals surface area contributed by atoms with Crippen molar-refractivity contribution in [2.75, 3.05) is 33.8 Å². The van der Waals surface area contributed by atoms with Crippen LogP contribution in [-0.2, 0) is 17.9 Å². The van der Waals surface area contributed by atoms with Crippen LogP contribution in [-0.4, -0.2) is 49.5 Å². The number of carbonyl (C=O) groups is 1. The number of methoxy groups -OCH3 is 1. The van der Waals surface area contributed by atoms with Crippen molar-refractivity contribution in [3.63, 3.8) is 0 Å². The first-order valence-corrected chi connectivity index (χ1v) is 11.4. The fraction of sp³-hybridized carbons (Fsp3) is 0.500. The van der Waals surface area contributed by atoms with Gasteiger partial charge in [0.1, 0.15) is 6.61 Å². The number of carbonyl (C=O) groups excluding carboxylic acids is 1. The van der Waals surface area contributed by atoms with E-state index in [0.29, 0.717) is 12.5 Å². The highest BCUT2D eigenvalue weighted by atomic mass is 16.5. The number of unbranched alkanes of at least 4 members (excludes halogenated alkanes) is 1. The minimum atomic E-state index is 0.168. The molecular formula is C26H36N2O3. The van der Waals surface area contributed by atoms with E-state index >= 15 is 0 Å². The second-order valence-electron chi connectivity index (χ2n) is 8.42. The largest absolute Gasteiger partial charge is 0.493 e. The molecule has 0 spiro atoms. The molecule has 1 aliphatic rings. The van der Waals surface area contributed by atoms with E-state index in [2.05, 4.69) is 36.1 Å². The van der Waals surface area contributed by atoms with Crippen LogP contribution in [0.3, 0.4) is 0 Å². The highest BCUT2D eigenvalue weighted by Crippen LogP contribution is 2.30. The Morgan fingerprint density at radius 3 is 2.48 bits per heavy atom. The lowest BCUT2D eigenvalue weighted by molar-refractivity contribution is -0.135. The molecule has 2 aromatic rings. The third-order valence-electron chi connectivity index (χ3n) is 6.03. The fourth-order valence-electron chi connectivity index (χ4n) is 4.08. The molecule has 0 saturated carbocycles. The van der Waals surface area contributed by atoms with Gasteiger partial charge in [-0.3, -0.25) is 9.69 Å². The molecule has 1 heterocycles. The summed E-state index contributed by atoms with van der Waals surface area (Å²) in [7, 11) is 3.62. The topological polar surface area (TPSA) is 42.0 Å². The average molecular weight is 425 g/mol. The lowest BCUT2D eigenvalue weighted by Gasteiger charge is -2.33. The summed E-state index contributed by atoms with van der Waals surface area (Å²) in [5.41, 5.74) is 2.33. The molecule has 1 fully saturated rings. The van der Waals surface area contributed by atoms with Gasteiger partial charge in [-0.15, -0.1) is 0 Å². The minimum Gasteiger partial charge on any atom is -0.493 e. The van der Waals surface area contributed by atoms with Gasteiger partial charge in [0.05, 0.1) is 7.11 Å². The quantitative estimate of drug-likeness (QED) is 0.552. The van der Waals surface area contributed by atoms with E-state index < -0.39 is 0 Å². The van der Waals surface area contributed by atoms with E-state index in [1.165, 1.54) is 5.56 Å². The number of nitrogens with zero attached hydrogens (tertiary/aromatic N) is 2. The molecule has 1 aliphatic heterocycles. The zero-order valence-corrected chi connectivity index (χ0v) is 19.2. The number of hydrogen-bond donors (Lipinski definition) is 0. The van der Waals surface area contributed by atoms with Crippen molar-refractivity contribution in [3.05, 3.63) is 59.7 Å². The monoisotopic (exact) mass is 424 g/mol. The number of likely N-dealkylation sites (tertiary alicyclic amines) is 1. The molecule has 5 nitrogen and oxygen atoms in total. The van der Waals surface area contributed by atoms with Crippen molar-refractivity contribution in [1.82, 2.24) is 9.80 Å². The van der Waals surface area contributed by atoms with Crippen LogP contribution in [0.15, 0.2) is 48.5 Å². The molecule has 0 aliphatic carbocycles. The van der Waals surface area contributed by atoms with Gasteiger partial charge in [0.15, 0.2) is 11.5 Å². The molecule has 0 unspecified atom stereocenters. The van der Waals surface area contributed by atoms with Crippen molar-refractivity contribution in [1.29, 1.82) is 0 Å². The molecule has 2 aromatic carbocycles. The van der Waals surface area contributed by atoms with Gasteiger partial charge in [0.25, 0.3) is 0 Å². The Morgan fingerprint density at radius 1 is 1.06 bits per heavy atom. The highest BCUT2D eigenvalue weighted by molar-refractivity contribution is 5.78. The molecule has 0 aromatic heterocycles. The van der Waals surface area contributed by atoms with Gasteiger partial charge in [-0.2, -0.15) is 0 Å². The first-order valence-electron chi connectivity index (χ1n) is 11.4. The zero-order valence-electron chi connectivity index (χ0n) is 19.2. The summed E-state index contributed by atoms with van der Waals surface area (Å²) >= 11 is 0. The third kappa shape index (κ3) is 6.73. The molecule has 1 amide bonds. The van der Waals surface area contributed by atoms with Gasteiger partial charge in [-0.25, -0.2) is 0 Å². The molecule has 168 valence electrons. The summed E-state index contributed by atoms with van der Waals surface area (Å²) in [4.78, 5) is 17.0. The number of piperidine rings is 1. The van der Waals surface area contributed by atoms with E-state index in [1.54, 1.807) is 7.11 Å². The van der Waals surface area contributed by atoms with Gasteiger partial charge in [-0.1, -0.05) is 49.7 Å². The van der Waals surface area contributed by atoms with E-state index in [0.717, 1.165) is 68.9 Å². The summed E-state index contributed by atoms with van der Waals surface area (Å²) in [6, 6.07) is 16.3. The summed E-state index contributed by atoms with van der Waals surface area (Å²) in [5, 5.41) is 0. The van der Waals surface area contributed by atoms with Crippen LogP contribution in [0.5, 0.6) is 11.5 Å². The highest BCUT2D eigenvalue weighted by Gasteiger charge is 2.27. The van der Waals surface area contributed by atoms with Crippen LogP contribution >= 0.6 is 0 Å². The SMILES string of the molecule is CCCCN(C)C(=O)C1CCN(Cc2ccc(OCc3ccccc3)c(OC)c2)CC1. The molecular weight excluding hydrogens is 388 g/mol. The predicted octanol–water partition coefficient (Wildman–Crippen LogP) is 4.74. The van der Waals surface area contributed by atoms with Gasteiger partial charge in [0, 0.05) is 26.1 Å². The van der Waals surface area contributed by atoms with Crippen LogP contribution in [0.2, 0.25) is 0 Å². The van der Waals surface area contributed by atoms with Crippen LogP contribution in [0.25, 0.3) is 0 Å². The molecule has 0 bridgehead atoms. The third-order valence-corrected chi connectivity index (χ3v) is 6.03. The molecule has 31 heavy (non-hydrogen) atoms. The van der Waals surface area contributed by atoms with E-state index in [9.17, 15) is 4.79 Å². The first-order chi connectivity index (χ1) is 15.1. The van der Waals surface area contributed by atoms with Crippen LogP contribution in [0.1, 0.15) is 43.7 Å². The van der Waals surface area contributed by atoms with Crippen molar-refractivity contribution >= 4 is 5.91 Å². The standard InChI is InChI=1S/C26H36N2O3/c1-4-5-15-27(2)26(29)23-13-16-28(17-14-23)19-22-11-12-24(25(18-22)30-3)31-20-21-9-7-6-8-10-21/h6-12,18,23H,4-5,13-17,19-20H2,1-3H3. The molecule has 0 N–H and O–H groups in total. The Morgan fingerprint density at radius 2 is 1.81 bits per heavy atom. The van der Waals surface area contributed by atoms with Gasteiger partial charge < -0.3 is 14.4 Å². The second-order valence-corrected chi connectivity index (χ2v) is 8.42. The fourth-order valence-corrected chi connectivity index (χ4v) is 4.08. The van der Waals surface area contributed by atoms with Crippen molar-refractivity contribution in [2.45, 2.75) is 45.8 Å². The Hall–Kier alpha value is -2.53. The van der Waals surface area contributed by atoms with Gasteiger partial charge in [-0.05, 0) is 55.6 Å². The number of ether oxygens (including phenoxy) is 2. The Bertz CT molecular complexity index is 817. The van der Waals surface area contributed by atoms with Gasteiger partial charge >= 0.3 is 0 Å². The number of amides is 1. The van der Waals surface area contributed by atoms with Crippen molar-refractivity contribution in [2.24, 2.45) is 5.92 Å². The number of benzene rings is 2. The normalized spacial score (nSPS) is 14.9. The van der Waals surface area contributed by atoms with Crippen LogP contribution in [0, 0.1) is 5.92 Å². The maximum Gasteiger partial charge on any atom is 0.225 e. The first kappa shape index (κ1) is 23.1. The van der Waals surface area contributed by atoms with Crippen LogP contribution < -0.4 is 9.47 Å². The molecule has 5 heteroatoms.